The fraction of sp³-hybridized carbons (Fsp3) is 0.267. The van der Waals surface area contributed by atoms with Gasteiger partial charge in [-0.2, -0.15) is 0 Å². The molecule has 1 heterocycles. The standard InChI is InChI=1S/C15H17N3OS/c1-11-5-3-4-6-14(11)20-9-15(19)18-12(2)13-7-8-16-10-17-13/h3-8,10,12H,9H2,1-2H3,(H,18,19)/t12-/m1/s1. The summed E-state index contributed by atoms with van der Waals surface area (Å²) in [6.45, 7) is 3.96. The number of thioether (sulfide) groups is 1. The van der Waals surface area contributed by atoms with E-state index in [1.807, 2.05) is 38.1 Å². The van der Waals surface area contributed by atoms with Crippen molar-refractivity contribution in [1.82, 2.24) is 15.3 Å². The summed E-state index contributed by atoms with van der Waals surface area (Å²) in [5, 5.41) is 2.94. The van der Waals surface area contributed by atoms with Crippen LogP contribution in [0.4, 0.5) is 0 Å². The zero-order valence-corrected chi connectivity index (χ0v) is 12.4. The number of carbonyl (C=O) groups is 1. The van der Waals surface area contributed by atoms with Crippen molar-refractivity contribution in [1.29, 1.82) is 0 Å². The summed E-state index contributed by atoms with van der Waals surface area (Å²) in [7, 11) is 0. The highest BCUT2D eigenvalue weighted by Gasteiger charge is 2.11. The Kier molecular flexibility index (Phi) is 5.12. The van der Waals surface area contributed by atoms with E-state index in [0.717, 1.165) is 10.6 Å². The molecule has 2 aromatic rings. The molecule has 4 nitrogen and oxygen atoms in total. The molecular weight excluding hydrogens is 270 g/mol. The molecule has 0 saturated carbocycles. The minimum Gasteiger partial charge on any atom is -0.347 e. The number of hydrogen-bond acceptors (Lipinski definition) is 4. The first-order valence-electron chi connectivity index (χ1n) is 6.40. The molecule has 20 heavy (non-hydrogen) atoms. The van der Waals surface area contributed by atoms with Crippen LogP contribution in [0.5, 0.6) is 0 Å². The average Bonchev–Trinajstić information content (AvgIpc) is 2.47. The van der Waals surface area contributed by atoms with E-state index in [0.29, 0.717) is 5.75 Å². The van der Waals surface area contributed by atoms with E-state index in [9.17, 15) is 4.79 Å². The van der Waals surface area contributed by atoms with Crippen LogP contribution in [0, 0.1) is 6.92 Å². The maximum Gasteiger partial charge on any atom is 0.230 e. The molecule has 1 amide bonds. The molecule has 0 saturated heterocycles. The Hall–Kier alpha value is -1.88. The molecule has 1 N–H and O–H groups in total. The van der Waals surface area contributed by atoms with Crippen LogP contribution in [0.2, 0.25) is 0 Å². The van der Waals surface area contributed by atoms with Crippen LogP contribution in [0.3, 0.4) is 0 Å². The van der Waals surface area contributed by atoms with Gasteiger partial charge in [0.25, 0.3) is 0 Å². The van der Waals surface area contributed by atoms with Crippen molar-refractivity contribution in [2.45, 2.75) is 24.8 Å². The SMILES string of the molecule is Cc1ccccc1SCC(=O)N[C@H](C)c1ccncn1. The molecular formula is C15H17N3OS. The third-order valence-electron chi connectivity index (χ3n) is 2.88. The molecule has 0 fully saturated rings. The van der Waals surface area contributed by atoms with Gasteiger partial charge in [-0.25, -0.2) is 9.97 Å². The minimum absolute atomic E-state index is 0.00404. The number of aryl methyl sites for hydroxylation is 1. The van der Waals surface area contributed by atoms with Crippen molar-refractivity contribution in [3.63, 3.8) is 0 Å². The first kappa shape index (κ1) is 14.5. The van der Waals surface area contributed by atoms with E-state index in [-0.39, 0.29) is 11.9 Å². The fourth-order valence-electron chi connectivity index (χ4n) is 1.78. The summed E-state index contributed by atoms with van der Waals surface area (Å²) in [5.74, 6) is 0.407. The molecule has 0 aliphatic carbocycles. The molecule has 1 aromatic carbocycles. The van der Waals surface area contributed by atoms with Crippen LogP contribution in [0.1, 0.15) is 24.2 Å². The summed E-state index contributed by atoms with van der Waals surface area (Å²) in [4.78, 5) is 21.1. The van der Waals surface area contributed by atoms with Gasteiger partial charge in [0, 0.05) is 11.1 Å². The lowest BCUT2D eigenvalue weighted by Gasteiger charge is -2.13. The number of hydrogen-bond donors (Lipinski definition) is 1. The molecule has 2 rings (SSSR count). The summed E-state index contributed by atoms with van der Waals surface area (Å²) in [6.07, 6.45) is 3.16. The summed E-state index contributed by atoms with van der Waals surface area (Å²) in [6, 6.07) is 9.75. The molecule has 0 spiro atoms. The Balaban J connectivity index is 1.86. The van der Waals surface area contributed by atoms with Crippen molar-refractivity contribution in [2.24, 2.45) is 0 Å². The quantitative estimate of drug-likeness (QED) is 0.859. The third-order valence-corrected chi connectivity index (χ3v) is 4.05. The van der Waals surface area contributed by atoms with Gasteiger partial charge in [0.15, 0.2) is 0 Å². The topological polar surface area (TPSA) is 54.9 Å². The highest BCUT2D eigenvalue weighted by Crippen LogP contribution is 2.21. The van der Waals surface area contributed by atoms with Gasteiger partial charge in [-0.15, -0.1) is 11.8 Å². The Morgan fingerprint density at radius 3 is 2.85 bits per heavy atom. The molecule has 0 unspecified atom stereocenters. The number of nitrogens with zero attached hydrogens (tertiary/aromatic N) is 2. The lowest BCUT2D eigenvalue weighted by Crippen LogP contribution is -2.28. The Morgan fingerprint density at radius 1 is 1.35 bits per heavy atom. The van der Waals surface area contributed by atoms with E-state index in [2.05, 4.69) is 15.3 Å². The average molecular weight is 287 g/mol. The second-order valence-corrected chi connectivity index (χ2v) is 5.49. The number of benzene rings is 1. The van der Waals surface area contributed by atoms with Crippen molar-refractivity contribution in [2.75, 3.05) is 5.75 Å². The van der Waals surface area contributed by atoms with Crippen molar-refractivity contribution in [3.05, 3.63) is 54.1 Å². The zero-order chi connectivity index (χ0) is 14.4. The van der Waals surface area contributed by atoms with Crippen LogP contribution in [0.25, 0.3) is 0 Å². The zero-order valence-electron chi connectivity index (χ0n) is 11.5. The number of nitrogens with one attached hydrogen (secondary N) is 1. The number of rotatable bonds is 5. The van der Waals surface area contributed by atoms with Gasteiger partial charge in [0.05, 0.1) is 17.5 Å². The van der Waals surface area contributed by atoms with E-state index >= 15 is 0 Å². The molecule has 104 valence electrons. The maximum atomic E-state index is 11.9. The van der Waals surface area contributed by atoms with Crippen LogP contribution in [0.15, 0.2) is 47.8 Å². The van der Waals surface area contributed by atoms with Crippen LogP contribution < -0.4 is 5.32 Å². The van der Waals surface area contributed by atoms with Gasteiger partial charge in [-0.1, -0.05) is 18.2 Å². The van der Waals surface area contributed by atoms with Gasteiger partial charge in [-0.3, -0.25) is 4.79 Å². The fourth-order valence-corrected chi connectivity index (χ4v) is 2.62. The van der Waals surface area contributed by atoms with Crippen molar-refractivity contribution in [3.8, 4) is 0 Å². The highest BCUT2D eigenvalue weighted by atomic mass is 32.2. The minimum atomic E-state index is -0.108. The monoisotopic (exact) mass is 287 g/mol. The van der Waals surface area contributed by atoms with Crippen molar-refractivity contribution >= 4 is 17.7 Å². The predicted molar refractivity (Wildman–Crippen MR) is 80.5 cm³/mol. The lowest BCUT2D eigenvalue weighted by atomic mass is 10.2. The summed E-state index contributed by atoms with van der Waals surface area (Å²) < 4.78 is 0. The Morgan fingerprint density at radius 2 is 2.15 bits per heavy atom. The number of amides is 1. The van der Waals surface area contributed by atoms with E-state index in [1.165, 1.54) is 11.9 Å². The van der Waals surface area contributed by atoms with Gasteiger partial charge in [0.2, 0.25) is 5.91 Å². The number of aromatic nitrogens is 2. The molecule has 1 aromatic heterocycles. The molecule has 0 aliphatic rings. The first-order valence-corrected chi connectivity index (χ1v) is 7.39. The van der Waals surface area contributed by atoms with Gasteiger partial charge < -0.3 is 5.32 Å². The summed E-state index contributed by atoms with van der Waals surface area (Å²) >= 11 is 1.55. The Labute approximate surface area is 123 Å². The second kappa shape index (κ2) is 7.05. The van der Waals surface area contributed by atoms with E-state index < -0.39 is 0 Å². The van der Waals surface area contributed by atoms with Crippen LogP contribution >= 0.6 is 11.8 Å². The van der Waals surface area contributed by atoms with Crippen molar-refractivity contribution < 1.29 is 4.79 Å². The van der Waals surface area contributed by atoms with Crippen LogP contribution in [-0.2, 0) is 4.79 Å². The molecule has 0 radical (unpaired) electrons. The van der Waals surface area contributed by atoms with Gasteiger partial charge in [-0.05, 0) is 31.5 Å². The normalized spacial score (nSPS) is 11.9. The lowest BCUT2D eigenvalue weighted by molar-refractivity contribution is -0.119. The van der Waals surface area contributed by atoms with E-state index in [1.54, 1.807) is 24.0 Å². The third kappa shape index (κ3) is 4.06. The number of carbonyl (C=O) groups excluding carboxylic acids is 1. The molecule has 5 heteroatoms. The predicted octanol–water partition coefficient (Wildman–Crippen LogP) is 2.75. The maximum absolute atomic E-state index is 11.9. The molecule has 0 aliphatic heterocycles. The first-order chi connectivity index (χ1) is 9.66. The highest BCUT2D eigenvalue weighted by molar-refractivity contribution is 8.00. The smallest absolute Gasteiger partial charge is 0.230 e. The second-order valence-electron chi connectivity index (χ2n) is 4.48. The van der Waals surface area contributed by atoms with Gasteiger partial charge >= 0.3 is 0 Å². The molecule has 1 atom stereocenters. The Bertz CT molecular complexity index is 574. The van der Waals surface area contributed by atoms with Crippen LogP contribution in [-0.4, -0.2) is 21.6 Å². The van der Waals surface area contributed by atoms with Gasteiger partial charge in [0.1, 0.15) is 6.33 Å². The van der Waals surface area contributed by atoms with E-state index in [4.69, 9.17) is 0 Å². The summed E-state index contributed by atoms with van der Waals surface area (Å²) in [5.41, 5.74) is 2.00. The molecule has 0 bridgehead atoms. The largest absolute Gasteiger partial charge is 0.347 e.